The molecule has 0 bridgehead atoms. The molecule has 0 aliphatic carbocycles. The number of hydrogen-bond acceptors (Lipinski definition) is 1. The summed E-state index contributed by atoms with van der Waals surface area (Å²) >= 11 is 0.403. The molecule has 98 valence electrons. The van der Waals surface area contributed by atoms with Gasteiger partial charge in [-0.25, -0.2) is 0 Å². The van der Waals surface area contributed by atoms with Crippen LogP contribution in [0.1, 0.15) is 27.7 Å². The first-order valence-corrected chi connectivity index (χ1v) is 8.39. The van der Waals surface area contributed by atoms with Gasteiger partial charge < -0.3 is 0 Å². The van der Waals surface area contributed by atoms with Gasteiger partial charge >= 0.3 is 117 Å². The van der Waals surface area contributed by atoms with Crippen LogP contribution >= 0.6 is 0 Å². The maximum atomic E-state index is 6.19. The summed E-state index contributed by atoms with van der Waals surface area (Å²) in [5.41, 5.74) is 0. The molecule has 2 rings (SSSR count). The van der Waals surface area contributed by atoms with E-state index in [1.165, 1.54) is 8.93 Å². The molecule has 2 unspecified atom stereocenters. The first kappa shape index (κ1) is 13.9. The van der Waals surface area contributed by atoms with Crippen molar-refractivity contribution in [1.82, 2.24) is 0 Å². The molecule has 18 heavy (non-hydrogen) atoms. The third-order valence-electron chi connectivity index (χ3n) is 3.15. The van der Waals surface area contributed by atoms with Crippen LogP contribution < -0.4 is 4.46 Å². The number of ether oxygens (including phenoxy) is 1. The minimum atomic E-state index is 0.304. The molecular weight excluding hydrogens is 287 g/mol. The van der Waals surface area contributed by atoms with E-state index in [-0.39, 0.29) is 0 Å². The van der Waals surface area contributed by atoms with Gasteiger partial charge in [-0.15, -0.1) is 0 Å². The fourth-order valence-electron chi connectivity index (χ4n) is 2.08. The van der Waals surface area contributed by atoms with E-state index in [1.54, 1.807) is 0 Å². The van der Waals surface area contributed by atoms with Crippen LogP contribution in [-0.4, -0.2) is 27.2 Å². The number of rotatable bonds is 4. The third kappa shape index (κ3) is 3.26. The zero-order valence-corrected chi connectivity index (χ0v) is 13.3. The summed E-state index contributed by atoms with van der Waals surface area (Å²) in [4.78, 5) is 0. The van der Waals surface area contributed by atoms with Crippen molar-refractivity contribution in [2.75, 3.05) is 0 Å². The normalized spacial score (nSPS) is 23.8. The van der Waals surface area contributed by atoms with Crippen molar-refractivity contribution in [3.05, 3.63) is 40.9 Å². The van der Waals surface area contributed by atoms with E-state index >= 15 is 0 Å². The van der Waals surface area contributed by atoms with Crippen LogP contribution in [0, 0.1) is 11.8 Å². The van der Waals surface area contributed by atoms with Gasteiger partial charge in [-0.3, -0.25) is 0 Å². The zero-order chi connectivity index (χ0) is 13.1. The monoisotopic (exact) mass is 310 g/mol. The first-order chi connectivity index (χ1) is 8.58. The second kappa shape index (κ2) is 6.06. The van der Waals surface area contributed by atoms with E-state index in [1.807, 2.05) is 0 Å². The Labute approximate surface area is 117 Å². The topological polar surface area (TPSA) is 9.23 Å². The predicted molar refractivity (Wildman–Crippen MR) is 78.3 cm³/mol. The van der Waals surface area contributed by atoms with Gasteiger partial charge in [0.15, 0.2) is 0 Å². The fraction of sp³-hybridized carbons (Fsp3) is 0.500. The molecular formula is C16H22OSe. The SMILES string of the molecule is CC(C)C1C=C([Se]c2ccccc2)C(C(C)C)O1. The molecule has 0 saturated carbocycles. The molecule has 0 aromatic heterocycles. The summed E-state index contributed by atoms with van der Waals surface area (Å²) in [7, 11) is 0. The molecule has 1 aromatic carbocycles. The van der Waals surface area contributed by atoms with Gasteiger partial charge in [-0.05, 0) is 0 Å². The number of hydrogen-bond donors (Lipinski definition) is 0. The van der Waals surface area contributed by atoms with Crippen molar-refractivity contribution in [3.8, 4) is 0 Å². The molecule has 1 nitrogen and oxygen atoms in total. The van der Waals surface area contributed by atoms with Crippen molar-refractivity contribution >= 4 is 19.4 Å². The van der Waals surface area contributed by atoms with E-state index in [9.17, 15) is 0 Å². The fourth-order valence-corrected chi connectivity index (χ4v) is 4.63. The Balaban J connectivity index is 2.15. The first-order valence-electron chi connectivity index (χ1n) is 6.68. The molecule has 1 aromatic rings. The van der Waals surface area contributed by atoms with Crippen LogP contribution in [-0.2, 0) is 4.74 Å². The van der Waals surface area contributed by atoms with E-state index in [4.69, 9.17) is 4.74 Å². The Morgan fingerprint density at radius 3 is 2.22 bits per heavy atom. The summed E-state index contributed by atoms with van der Waals surface area (Å²) < 4.78 is 9.15. The van der Waals surface area contributed by atoms with Crippen LogP contribution in [0.15, 0.2) is 40.9 Å². The Hall–Kier alpha value is -0.561. The van der Waals surface area contributed by atoms with Gasteiger partial charge in [-0.2, -0.15) is 0 Å². The van der Waals surface area contributed by atoms with Crippen molar-refractivity contribution in [1.29, 1.82) is 0 Å². The van der Waals surface area contributed by atoms with Crippen LogP contribution in [0.5, 0.6) is 0 Å². The summed E-state index contributed by atoms with van der Waals surface area (Å²) in [6.45, 7) is 8.97. The second-order valence-electron chi connectivity index (χ2n) is 5.49. The van der Waals surface area contributed by atoms with Gasteiger partial charge in [0, 0.05) is 0 Å². The third-order valence-corrected chi connectivity index (χ3v) is 5.49. The van der Waals surface area contributed by atoms with Crippen molar-refractivity contribution in [2.45, 2.75) is 39.9 Å². The molecule has 2 heteroatoms. The molecule has 0 spiro atoms. The summed E-state index contributed by atoms with van der Waals surface area (Å²) in [5.74, 6) is 1.13. The van der Waals surface area contributed by atoms with Gasteiger partial charge in [0.2, 0.25) is 0 Å². The van der Waals surface area contributed by atoms with Crippen molar-refractivity contribution < 1.29 is 4.74 Å². The summed E-state index contributed by atoms with van der Waals surface area (Å²) in [6, 6.07) is 10.8. The van der Waals surface area contributed by atoms with E-state index in [0.29, 0.717) is 39.0 Å². The van der Waals surface area contributed by atoms with E-state index in [0.717, 1.165) is 0 Å². The zero-order valence-electron chi connectivity index (χ0n) is 11.6. The average Bonchev–Trinajstić information content (AvgIpc) is 2.74. The van der Waals surface area contributed by atoms with E-state index in [2.05, 4.69) is 64.1 Å². The minimum absolute atomic E-state index is 0.304. The quantitative estimate of drug-likeness (QED) is 0.777. The molecule has 0 fully saturated rings. The van der Waals surface area contributed by atoms with E-state index < -0.39 is 0 Å². The number of benzene rings is 1. The summed E-state index contributed by atoms with van der Waals surface area (Å²) in [5, 5.41) is 0. The summed E-state index contributed by atoms with van der Waals surface area (Å²) in [6.07, 6.45) is 3.00. The molecule has 1 aliphatic heterocycles. The standard InChI is InChI=1S/C16H22OSe/c1-11(2)14-10-15(16(17-14)12(3)4)18-13-8-6-5-7-9-13/h5-12,14,16H,1-4H3. The molecule has 0 radical (unpaired) electrons. The average molecular weight is 309 g/mol. The Morgan fingerprint density at radius 1 is 1.00 bits per heavy atom. The maximum absolute atomic E-state index is 6.19. The Kier molecular flexibility index (Phi) is 4.66. The van der Waals surface area contributed by atoms with Crippen LogP contribution in [0.25, 0.3) is 0 Å². The Bertz CT molecular complexity index is 408. The van der Waals surface area contributed by atoms with Crippen LogP contribution in [0.4, 0.5) is 0 Å². The van der Waals surface area contributed by atoms with Crippen molar-refractivity contribution in [2.24, 2.45) is 11.8 Å². The molecule has 2 atom stereocenters. The van der Waals surface area contributed by atoms with Gasteiger partial charge in [0.25, 0.3) is 0 Å². The molecule has 0 N–H and O–H groups in total. The second-order valence-corrected chi connectivity index (χ2v) is 7.90. The molecule has 0 amide bonds. The van der Waals surface area contributed by atoms with Crippen LogP contribution in [0.2, 0.25) is 0 Å². The van der Waals surface area contributed by atoms with Crippen LogP contribution in [0.3, 0.4) is 0 Å². The van der Waals surface area contributed by atoms with Gasteiger partial charge in [-0.1, -0.05) is 0 Å². The van der Waals surface area contributed by atoms with Crippen molar-refractivity contribution in [3.63, 3.8) is 0 Å². The predicted octanol–water partition coefficient (Wildman–Crippen LogP) is 2.98. The van der Waals surface area contributed by atoms with Gasteiger partial charge in [0.05, 0.1) is 0 Å². The molecule has 1 aliphatic rings. The Morgan fingerprint density at radius 2 is 1.67 bits per heavy atom. The molecule has 1 heterocycles. The van der Waals surface area contributed by atoms with Gasteiger partial charge in [0.1, 0.15) is 0 Å². The molecule has 0 saturated heterocycles.